The Morgan fingerprint density at radius 3 is 1.93 bits per heavy atom. The van der Waals surface area contributed by atoms with Crippen LogP contribution in [0.5, 0.6) is 0 Å². The highest BCUT2D eigenvalue weighted by atomic mass is 14.9. The van der Waals surface area contributed by atoms with Crippen molar-refractivity contribution in [3.8, 4) is 0 Å². The molecule has 1 N–H and O–H groups in total. The van der Waals surface area contributed by atoms with Crippen molar-refractivity contribution in [2.45, 2.75) is 67.3 Å². The summed E-state index contributed by atoms with van der Waals surface area (Å²) in [5.74, 6) is 1.56. The zero-order valence-corrected chi connectivity index (χ0v) is 11.9. The molecule has 0 saturated carbocycles. The van der Waals surface area contributed by atoms with Gasteiger partial charge < -0.3 is 5.32 Å². The molecule has 0 amide bonds. The molecule has 92 valence electrons. The molecule has 2 unspecified atom stereocenters. The first kappa shape index (κ1) is 15.0. The predicted molar refractivity (Wildman–Crippen MR) is 70.2 cm³/mol. The maximum atomic E-state index is 3.60. The fourth-order valence-electron chi connectivity index (χ4n) is 2.42. The van der Waals surface area contributed by atoms with E-state index < -0.39 is 0 Å². The summed E-state index contributed by atoms with van der Waals surface area (Å²) in [7, 11) is 0. The monoisotopic (exact) mass is 213 g/mol. The average molecular weight is 213 g/mol. The van der Waals surface area contributed by atoms with Gasteiger partial charge in [-0.25, -0.2) is 0 Å². The summed E-state index contributed by atoms with van der Waals surface area (Å²) < 4.78 is 0. The Balaban J connectivity index is 4.05. The van der Waals surface area contributed by atoms with Crippen LogP contribution in [-0.4, -0.2) is 12.6 Å². The topological polar surface area (TPSA) is 12.0 Å². The molecule has 0 aromatic rings. The molecule has 0 radical (unpaired) electrons. The molecule has 15 heavy (non-hydrogen) atoms. The summed E-state index contributed by atoms with van der Waals surface area (Å²) in [5, 5.41) is 3.60. The molecule has 0 fully saturated rings. The van der Waals surface area contributed by atoms with Crippen molar-refractivity contribution in [3.63, 3.8) is 0 Å². The van der Waals surface area contributed by atoms with Gasteiger partial charge in [-0.05, 0) is 36.6 Å². The van der Waals surface area contributed by atoms with Gasteiger partial charge in [-0.2, -0.15) is 0 Å². The van der Waals surface area contributed by atoms with Crippen LogP contribution in [-0.2, 0) is 0 Å². The minimum absolute atomic E-state index is 0.465. The summed E-state index contributed by atoms with van der Waals surface area (Å²) in [5.41, 5.74) is 0.465. The van der Waals surface area contributed by atoms with Gasteiger partial charge in [0, 0.05) is 6.04 Å². The maximum absolute atomic E-state index is 3.60. The molecular weight excluding hydrogens is 182 g/mol. The second-order valence-electron chi connectivity index (χ2n) is 6.51. The smallest absolute Gasteiger partial charge is 0.00924 e. The van der Waals surface area contributed by atoms with Crippen LogP contribution >= 0.6 is 0 Å². The molecule has 0 aliphatic carbocycles. The molecule has 2 atom stereocenters. The summed E-state index contributed by atoms with van der Waals surface area (Å²) in [6.07, 6.45) is 2.63. The van der Waals surface area contributed by atoms with E-state index in [-0.39, 0.29) is 0 Å². The SMILES string of the molecule is CCNC(CC(C)CC(C)(C)C)C(C)C. The molecule has 0 bridgehead atoms. The van der Waals surface area contributed by atoms with Crippen LogP contribution in [0.15, 0.2) is 0 Å². The van der Waals surface area contributed by atoms with E-state index in [4.69, 9.17) is 0 Å². The molecule has 0 aromatic carbocycles. The van der Waals surface area contributed by atoms with Crippen molar-refractivity contribution in [2.24, 2.45) is 17.3 Å². The highest BCUT2D eigenvalue weighted by Crippen LogP contribution is 2.27. The van der Waals surface area contributed by atoms with Gasteiger partial charge >= 0.3 is 0 Å². The second-order valence-corrected chi connectivity index (χ2v) is 6.51. The molecule has 0 rings (SSSR count). The highest BCUT2D eigenvalue weighted by Gasteiger charge is 2.20. The fraction of sp³-hybridized carbons (Fsp3) is 1.00. The third kappa shape index (κ3) is 7.84. The zero-order chi connectivity index (χ0) is 12.1. The number of nitrogens with one attached hydrogen (secondary N) is 1. The minimum atomic E-state index is 0.465. The summed E-state index contributed by atoms with van der Waals surface area (Å²) in [4.78, 5) is 0. The van der Waals surface area contributed by atoms with E-state index in [0.717, 1.165) is 18.4 Å². The van der Waals surface area contributed by atoms with E-state index in [0.29, 0.717) is 11.5 Å². The minimum Gasteiger partial charge on any atom is -0.314 e. The Kier molecular flexibility index (Phi) is 6.51. The lowest BCUT2D eigenvalue weighted by Gasteiger charge is -2.29. The van der Waals surface area contributed by atoms with E-state index in [1.807, 2.05) is 0 Å². The quantitative estimate of drug-likeness (QED) is 0.701. The molecule has 1 heteroatoms. The van der Waals surface area contributed by atoms with Crippen molar-refractivity contribution in [2.75, 3.05) is 6.54 Å². The molecule has 0 aliphatic heterocycles. The predicted octanol–water partition coefficient (Wildman–Crippen LogP) is 4.08. The Morgan fingerprint density at radius 2 is 1.60 bits per heavy atom. The van der Waals surface area contributed by atoms with Crippen molar-refractivity contribution in [1.82, 2.24) is 5.32 Å². The lowest BCUT2D eigenvalue weighted by molar-refractivity contribution is 0.255. The van der Waals surface area contributed by atoms with Crippen molar-refractivity contribution in [3.05, 3.63) is 0 Å². The van der Waals surface area contributed by atoms with Gasteiger partial charge in [-0.15, -0.1) is 0 Å². The van der Waals surface area contributed by atoms with Crippen LogP contribution in [0.25, 0.3) is 0 Å². The zero-order valence-electron chi connectivity index (χ0n) is 11.9. The highest BCUT2D eigenvalue weighted by molar-refractivity contribution is 4.75. The first-order valence-corrected chi connectivity index (χ1v) is 6.49. The molecule has 0 heterocycles. The van der Waals surface area contributed by atoms with E-state index in [2.05, 4.69) is 53.8 Å². The summed E-state index contributed by atoms with van der Waals surface area (Å²) in [6, 6.07) is 0.687. The van der Waals surface area contributed by atoms with Crippen molar-refractivity contribution < 1.29 is 0 Å². The largest absolute Gasteiger partial charge is 0.314 e. The molecule has 0 saturated heterocycles. The van der Waals surface area contributed by atoms with Gasteiger partial charge in [0.2, 0.25) is 0 Å². The Hall–Kier alpha value is -0.0400. The Bertz CT molecular complexity index is 155. The molecular formula is C14H31N. The van der Waals surface area contributed by atoms with Crippen LogP contribution in [0, 0.1) is 17.3 Å². The molecule has 0 spiro atoms. The lowest BCUT2D eigenvalue weighted by atomic mass is 9.81. The number of rotatable bonds is 6. The van der Waals surface area contributed by atoms with Crippen LogP contribution in [0.4, 0.5) is 0 Å². The van der Waals surface area contributed by atoms with Crippen LogP contribution in [0.2, 0.25) is 0 Å². The fourth-order valence-corrected chi connectivity index (χ4v) is 2.42. The van der Waals surface area contributed by atoms with Gasteiger partial charge in [0.15, 0.2) is 0 Å². The third-order valence-electron chi connectivity index (χ3n) is 2.89. The number of hydrogen-bond donors (Lipinski definition) is 1. The molecule has 0 aliphatic rings. The Labute approximate surface area is 97.0 Å². The third-order valence-corrected chi connectivity index (χ3v) is 2.89. The van der Waals surface area contributed by atoms with Crippen LogP contribution < -0.4 is 5.32 Å². The number of hydrogen-bond acceptors (Lipinski definition) is 1. The van der Waals surface area contributed by atoms with E-state index in [9.17, 15) is 0 Å². The molecule has 1 nitrogen and oxygen atoms in total. The normalized spacial score (nSPS) is 16.8. The van der Waals surface area contributed by atoms with Crippen molar-refractivity contribution in [1.29, 1.82) is 0 Å². The van der Waals surface area contributed by atoms with Gasteiger partial charge in [-0.3, -0.25) is 0 Å². The van der Waals surface area contributed by atoms with Gasteiger partial charge in [0.05, 0.1) is 0 Å². The van der Waals surface area contributed by atoms with Gasteiger partial charge in [-0.1, -0.05) is 48.5 Å². The average Bonchev–Trinajstić information content (AvgIpc) is 1.99. The van der Waals surface area contributed by atoms with E-state index in [1.54, 1.807) is 0 Å². The maximum Gasteiger partial charge on any atom is 0.00924 e. The van der Waals surface area contributed by atoms with Gasteiger partial charge in [0.25, 0.3) is 0 Å². The lowest BCUT2D eigenvalue weighted by Crippen LogP contribution is -2.35. The van der Waals surface area contributed by atoms with E-state index in [1.165, 1.54) is 12.8 Å². The first-order valence-electron chi connectivity index (χ1n) is 6.49. The molecule has 0 aromatic heterocycles. The standard InChI is InChI=1S/C14H31N/c1-8-15-13(11(2)3)9-12(4)10-14(5,6)7/h11-13,15H,8-10H2,1-7H3. The Morgan fingerprint density at radius 1 is 1.07 bits per heavy atom. The summed E-state index contributed by atoms with van der Waals surface area (Å²) in [6.45, 7) is 17.3. The van der Waals surface area contributed by atoms with E-state index >= 15 is 0 Å². The van der Waals surface area contributed by atoms with Crippen LogP contribution in [0.1, 0.15) is 61.3 Å². The summed E-state index contributed by atoms with van der Waals surface area (Å²) >= 11 is 0. The second kappa shape index (κ2) is 6.52. The first-order chi connectivity index (χ1) is 6.76. The van der Waals surface area contributed by atoms with Crippen LogP contribution in [0.3, 0.4) is 0 Å². The van der Waals surface area contributed by atoms with Gasteiger partial charge in [0.1, 0.15) is 0 Å². The van der Waals surface area contributed by atoms with Crippen molar-refractivity contribution >= 4 is 0 Å².